The third-order valence-electron chi connectivity index (χ3n) is 6.23. The maximum atomic E-state index is 13.5. The van der Waals surface area contributed by atoms with E-state index in [0.29, 0.717) is 36.4 Å². The van der Waals surface area contributed by atoms with E-state index in [4.69, 9.17) is 0 Å². The van der Waals surface area contributed by atoms with Gasteiger partial charge in [-0.2, -0.15) is 0 Å². The van der Waals surface area contributed by atoms with Gasteiger partial charge in [0.1, 0.15) is 0 Å². The van der Waals surface area contributed by atoms with Crippen LogP contribution in [-0.2, 0) is 22.0 Å². The minimum Gasteiger partial charge on any atom is -0.340 e. The van der Waals surface area contributed by atoms with E-state index in [2.05, 4.69) is 24.3 Å². The predicted octanol–water partition coefficient (Wildman–Crippen LogP) is 2.63. The SMILES string of the molecule is O=C(N1CCS(=O)CC1)[C@]1(Cc2ccccc2)C[C@H]2CC[C@H]1C2. The van der Waals surface area contributed by atoms with Crippen LogP contribution in [0.1, 0.15) is 31.2 Å². The average Bonchev–Trinajstić information content (AvgIpc) is 3.17. The molecule has 0 spiro atoms. The molecule has 3 atom stereocenters. The van der Waals surface area contributed by atoms with Gasteiger partial charge in [0.15, 0.2) is 0 Å². The molecule has 4 heteroatoms. The van der Waals surface area contributed by atoms with E-state index in [0.717, 1.165) is 18.8 Å². The van der Waals surface area contributed by atoms with Gasteiger partial charge in [0, 0.05) is 35.4 Å². The first-order valence-electron chi connectivity index (χ1n) is 8.86. The molecule has 4 rings (SSSR count). The lowest BCUT2D eigenvalue weighted by Gasteiger charge is -2.41. The van der Waals surface area contributed by atoms with Gasteiger partial charge in [0.25, 0.3) is 0 Å². The molecule has 3 aliphatic rings. The normalized spacial score (nSPS) is 34.0. The Balaban J connectivity index is 1.61. The smallest absolute Gasteiger partial charge is 0.229 e. The highest BCUT2D eigenvalue weighted by Gasteiger charge is 2.56. The summed E-state index contributed by atoms with van der Waals surface area (Å²) in [5.41, 5.74) is 1.09. The molecule has 1 aromatic carbocycles. The lowest BCUT2D eigenvalue weighted by Crippen LogP contribution is -2.52. The van der Waals surface area contributed by atoms with Gasteiger partial charge in [0.05, 0.1) is 5.41 Å². The number of hydrogen-bond acceptors (Lipinski definition) is 2. The lowest BCUT2D eigenvalue weighted by molar-refractivity contribution is -0.145. The van der Waals surface area contributed by atoms with Crippen molar-refractivity contribution in [2.75, 3.05) is 24.6 Å². The first kappa shape index (κ1) is 15.4. The molecule has 124 valence electrons. The molecule has 1 amide bonds. The molecule has 3 fully saturated rings. The van der Waals surface area contributed by atoms with E-state index in [1.54, 1.807) is 0 Å². The number of hydrogen-bond donors (Lipinski definition) is 0. The molecule has 2 aliphatic carbocycles. The number of rotatable bonds is 3. The van der Waals surface area contributed by atoms with Crippen LogP contribution in [0.5, 0.6) is 0 Å². The molecule has 0 N–H and O–H groups in total. The van der Waals surface area contributed by atoms with Gasteiger partial charge in [-0.15, -0.1) is 0 Å². The minimum absolute atomic E-state index is 0.191. The molecule has 1 aromatic rings. The third kappa shape index (κ3) is 2.75. The number of fused-ring (bicyclic) bond motifs is 2. The highest BCUT2D eigenvalue weighted by molar-refractivity contribution is 7.85. The molecule has 0 aromatic heterocycles. The zero-order valence-electron chi connectivity index (χ0n) is 13.6. The highest BCUT2D eigenvalue weighted by atomic mass is 32.2. The van der Waals surface area contributed by atoms with Crippen molar-refractivity contribution in [3.8, 4) is 0 Å². The molecule has 1 heterocycles. The van der Waals surface area contributed by atoms with Crippen LogP contribution in [0.2, 0.25) is 0 Å². The fourth-order valence-electron chi connectivity index (χ4n) is 5.11. The van der Waals surface area contributed by atoms with Crippen LogP contribution in [0.3, 0.4) is 0 Å². The third-order valence-corrected chi connectivity index (χ3v) is 7.50. The molecule has 2 bridgehead atoms. The highest BCUT2D eigenvalue weighted by Crippen LogP contribution is 2.58. The Labute approximate surface area is 140 Å². The van der Waals surface area contributed by atoms with Crippen LogP contribution in [0, 0.1) is 17.3 Å². The van der Waals surface area contributed by atoms with Gasteiger partial charge in [-0.3, -0.25) is 9.00 Å². The Morgan fingerprint density at radius 3 is 2.52 bits per heavy atom. The summed E-state index contributed by atoms with van der Waals surface area (Å²) in [5.74, 6) is 2.95. The van der Waals surface area contributed by atoms with E-state index in [-0.39, 0.29) is 5.41 Å². The summed E-state index contributed by atoms with van der Waals surface area (Å²) in [6.45, 7) is 1.36. The van der Waals surface area contributed by atoms with Crippen molar-refractivity contribution in [2.45, 2.75) is 32.1 Å². The Morgan fingerprint density at radius 1 is 1.17 bits per heavy atom. The van der Waals surface area contributed by atoms with Crippen LogP contribution < -0.4 is 0 Å². The summed E-state index contributed by atoms with van der Waals surface area (Å²) in [7, 11) is -0.726. The summed E-state index contributed by atoms with van der Waals surface area (Å²) in [5, 5.41) is 0. The molecule has 23 heavy (non-hydrogen) atoms. The fourth-order valence-corrected chi connectivity index (χ4v) is 6.17. The van der Waals surface area contributed by atoms with E-state index >= 15 is 0 Å². The van der Waals surface area contributed by atoms with Gasteiger partial charge >= 0.3 is 0 Å². The number of amides is 1. The Hall–Kier alpha value is -1.16. The molecule has 1 saturated heterocycles. The minimum atomic E-state index is -0.726. The van der Waals surface area contributed by atoms with Crippen molar-refractivity contribution >= 4 is 16.7 Å². The summed E-state index contributed by atoms with van der Waals surface area (Å²) in [6, 6.07) is 10.5. The van der Waals surface area contributed by atoms with Gasteiger partial charge in [0.2, 0.25) is 5.91 Å². The van der Waals surface area contributed by atoms with Crippen LogP contribution in [0.15, 0.2) is 30.3 Å². The number of carbonyl (C=O) groups is 1. The zero-order valence-corrected chi connectivity index (χ0v) is 14.4. The van der Waals surface area contributed by atoms with Crippen molar-refractivity contribution in [3.63, 3.8) is 0 Å². The van der Waals surface area contributed by atoms with Crippen molar-refractivity contribution < 1.29 is 9.00 Å². The lowest BCUT2D eigenvalue weighted by atomic mass is 9.68. The second kappa shape index (κ2) is 6.04. The van der Waals surface area contributed by atoms with Crippen LogP contribution >= 0.6 is 0 Å². The number of benzene rings is 1. The Bertz CT molecular complexity index is 607. The second-order valence-corrected chi connectivity index (χ2v) is 9.24. The molecule has 0 unspecified atom stereocenters. The first-order chi connectivity index (χ1) is 11.2. The summed E-state index contributed by atoms with van der Waals surface area (Å²) in [6.07, 6.45) is 5.69. The standard InChI is InChI=1S/C19H25NO2S/c21-18(20-8-10-23(22)11-9-20)19(13-15-4-2-1-3-5-15)14-16-6-7-17(19)12-16/h1-5,16-17H,6-14H2/t16-,17-,19+/m0/s1. The Morgan fingerprint density at radius 2 is 1.91 bits per heavy atom. The van der Waals surface area contributed by atoms with Gasteiger partial charge in [-0.05, 0) is 43.1 Å². The molecule has 1 aliphatic heterocycles. The van der Waals surface area contributed by atoms with Gasteiger partial charge in [-0.1, -0.05) is 36.8 Å². The van der Waals surface area contributed by atoms with E-state index in [1.165, 1.54) is 24.8 Å². The average molecular weight is 331 g/mol. The van der Waals surface area contributed by atoms with E-state index in [1.807, 2.05) is 11.0 Å². The molecular weight excluding hydrogens is 306 g/mol. The maximum absolute atomic E-state index is 13.5. The van der Waals surface area contributed by atoms with Gasteiger partial charge < -0.3 is 4.90 Å². The topological polar surface area (TPSA) is 37.4 Å². The van der Waals surface area contributed by atoms with Crippen molar-refractivity contribution in [3.05, 3.63) is 35.9 Å². The number of carbonyl (C=O) groups excluding carboxylic acids is 1. The van der Waals surface area contributed by atoms with E-state index < -0.39 is 10.8 Å². The van der Waals surface area contributed by atoms with Crippen molar-refractivity contribution in [1.29, 1.82) is 0 Å². The van der Waals surface area contributed by atoms with Crippen LogP contribution in [0.25, 0.3) is 0 Å². The zero-order chi connectivity index (χ0) is 15.9. The monoisotopic (exact) mass is 331 g/mol. The second-order valence-electron chi connectivity index (χ2n) is 7.54. The Kier molecular flexibility index (Phi) is 4.04. The van der Waals surface area contributed by atoms with Gasteiger partial charge in [-0.25, -0.2) is 0 Å². The molecule has 3 nitrogen and oxygen atoms in total. The predicted molar refractivity (Wildman–Crippen MR) is 92.5 cm³/mol. The van der Waals surface area contributed by atoms with E-state index in [9.17, 15) is 9.00 Å². The fraction of sp³-hybridized carbons (Fsp3) is 0.632. The van der Waals surface area contributed by atoms with Crippen molar-refractivity contribution in [1.82, 2.24) is 4.90 Å². The largest absolute Gasteiger partial charge is 0.340 e. The first-order valence-corrected chi connectivity index (χ1v) is 10.3. The summed E-state index contributed by atoms with van der Waals surface area (Å²) < 4.78 is 11.6. The molecule has 0 radical (unpaired) electrons. The quantitative estimate of drug-likeness (QED) is 0.854. The van der Waals surface area contributed by atoms with Crippen LogP contribution in [0.4, 0.5) is 0 Å². The molecular formula is C19H25NO2S. The maximum Gasteiger partial charge on any atom is 0.229 e. The number of nitrogens with zero attached hydrogens (tertiary/aromatic N) is 1. The summed E-state index contributed by atoms with van der Waals surface area (Å²) >= 11 is 0. The van der Waals surface area contributed by atoms with Crippen LogP contribution in [-0.4, -0.2) is 39.6 Å². The van der Waals surface area contributed by atoms with Crippen molar-refractivity contribution in [2.24, 2.45) is 17.3 Å². The molecule has 2 saturated carbocycles. The summed E-state index contributed by atoms with van der Waals surface area (Å²) in [4.78, 5) is 15.5.